The van der Waals surface area contributed by atoms with Gasteiger partial charge in [0.1, 0.15) is 12.4 Å². The second-order valence-electron chi connectivity index (χ2n) is 7.33. The van der Waals surface area contributed by atoms with Gasteiger partial charge in [0.25, 0.3) is 0 Å². The number of carbonyl (C=O) groups excluding carboxylic acids is 2. The summed E-state index contributed by atoms with van der Waals surface area (Å²) in [6.45, 7) is 1.88. The van der Waals surface area contributed by atoms with E-state index in [0.29, 0.717) is 43.6 Å². The number of methoxy groups -OCH3 is 2. The fourth-order valence-corrected chi connectivity index (χ4v) is 3.65. The van der Waals surface area contributed by atoms with E-state index < -0.39 is 11.8 Å². The summed E-state index contributed by atoms with van der Waals surface area (Å²) in [5, 5.41) is 7.86. The summed E-state index contributed by atoms with van der Waals surface area (Å²) in [5.41, 5.74) is 4.32. The van der Waals surface area contributed by atoms with Crippen LogP contribution in [-0.2, 0) is 16.2 Å². The van der Waals surface area contributed by atoms with Gasteiger partial charge in [0.2, 0.25) is 0 Å². The van der Waals surface area contributed by atoms with Crippen LogP contribution in [0.3, 0.4) is 0 Å². The van der Waals surface area contributed by atoms with Crippen LogP contribution in [0.15, 0.2) is 59.7 Å². The molecule has 0 spiro atoms. The van der Waals surface area contributed by atoms with Crippen molar-refractivity contribution in [2.24, 2.45) is 5.10 Å². The number of benzene rings is 3. The zero-order chi connectivity index (χ0) is 26.2. The van der Waals surface area contributed by atoms with Gasteiger partial charge < -0.3 is 19.5 Å². The molecule has 0 heterocycles. The third-order valence-corrected chi connectivity index (χ3v) is 5.74. The molecule has 36 heavy (non-hydrogen) atoms. The molecule has 2 N–H and O–H groups in total. The zero-order valence-corrected chi connectivity index (χ0v) is 21.8. The van der Waals surface area contributed by atoms with Gasteiger partial charge in [0, 0.05) is 26.2 Å². The summed E-state index contributed by atoms with van der Waals surface area (Å²) in [4.78, 5) is 24.5. The molecule has 8 nitrogen and oxygen atoms in total. The molecule has 0 radical (unpaired) electrons. The molecule has 2 amide bonds. The first kappa shape index (κ1) is 27.1. The summed E-state index contributed by atoms with van der Waals surface area (Å²) >= 11 is 18.1. The Kier molecular flexibility index (Phi) is 9.41. The second-order valence-corrected chi connectivity index (χ2v) is 8.61. The molecule has 3 aromatic rings. The SMILES string of the molecule is COc1ccc(Cl)cc1NC(=O)C(=O)N/N=C(\C)c1ccc(OCc2ccc(Cl)cc2Cl)c(OC)c1. The molecular formula is C25H22Cl3N3O5. The molecule has 0 saturated carbocycles. The molecule has 0 aliphatic rings. The minimum atomic E-state index is -0.969. The largest absolute Gasteiger partial charge is 0.495 e. The van der Waals surface area contributed by atoms with Crippen LogP contribution in [0.1, 0.15) is 18.1 Å². The Bertz CT molecular complexity index is 1310. The lowest BCUT2D eigenvalue weighted by molar-refractivity contribution is -0.136. The van der Waals surface area contributed by atoms with E-state index in [9.17, 15) is 9.59 Å². The number of halogens is 3. The lowest BCUT2D eigenvalue weighted by Crippen LogP contribution is -2.33. The topological polar surface area (TPSA) is 98.2 Å². The van der Waals surface area contributed by atoms with Crippen LogP contribution in [0.25, 0.3) is 0 Å². The Hall–Kier alpha value is -3.46. The van der Waals surface area contributed by atoms with Crippen molar-refractivity contribution in [3.8, 4) is 17.2 Å². The van der Waals surface area contributed by atoms with Gasteiger partial charge >= 0.3 is 11.8 Å². The van der Waals surface area contributed by atoms with Crippen molar-refractivity contribution in [2.75, 3.05) is 19.5 Å². The number of hydrogen-bond donors (Lipinski definition) is 2. The number of anilines is 1. The molecule has 11 heteroatoms. The minimum absolute atomic E-state index is 0.210. The van der Waals surface area contributed by atoms with Gasteiger partial charge in [-0.3, -0.25) is 9.59 Å². The maximum absolute atomic E-state index is 12.3. The monoisotopic (exact) mass is 549 g/mol. The van der Waals surface area contributed by atoms with Crippen LogP contribution in [-0.4, -0.2) is 31.7 Å². The van der Waals surface area contributed by atoms with Crippen LogP contribution in [0, 0.1) is 0 Å². The Balaban J connectivity index is 1.65. The van der Waals surface area contributed by atoms with Crippen molar-refractivity contribution in [3.05, 3.63) is 80.8 Å². The number of nitrogens with one attached hydrogen (secondary N) is 2. The van der Waals surface area contributed by atoms with Gasteiger partial charge in [-0.25, -0.2) is 5.43 Å². The molecule has 188 valence electrons. The van der Waals surface area contributed by atoms with Crippen LogP contribution in [0.2, 0.25) is 15.1 Å². The Labute approximate surface area is 223 Å². The number of amides is 2. The maximum atomic E-state index is 12.3. The lowest BCUT2D eigenvalue weighted by Gasteiger charge is -2.13. The van der Waals surface area contributed by atoms with E-state index in [1.807, 2.05) is 0 Å². The summed E-state index contributed by atoms with van der Waals surface area (Å²) in [6, 6.07) is 14.9. The van der Waals surface area contributed by atoms with Crippen molar-refractivity contribution in [2.45, 2.75) is 13.5 Å². The van der Waals surface area contributed by atoms with Crippen molar-refractivity contribution in [3.63, 3.8) is 0 Å². The molecule has 3 aromatic carbocycles. The number of hydrazone groups is 1. The predicted molar refractivity (Wildman–Crippen MR) is 141 cm³/mol. The third-order valence-electron chi connectivity index (χ3n) is 4.92. The van der Waals surface area contributed by atoms with Crippen molar-refractivity contribution in [1.29, 1.82) is 0 Å². The number of ether oxygens (including phenoxy) is 3. The van der Waals surface area contributed by atoms with E-state index in [-0.39, 0.29) is 12.3 Å². The van der Waals surface area contributed by atoms with E-state index >= 15 is 0 Å². The quantitative estimate of drug-likeness (QED) is 0.212. The molecule has 0 bridgehead atoms. The van der Waals surface area contributed by atoms with Gasteiger partial charge in [-0.15, -0.1) is 0 Å². The van der Waals surface area contributed by atoms with Gasteiger partial charge in [0.05, 0.1) is 25.6 Å². The highest BCUT2D eigenvalue weighted by molar-refractivity contribution is 6.40. The normalized spacial score (nSPS) is 11.0. The molecule has 0 aliphatic heterocycles. The van der Waals surface area contributed by atoms with Crippen molar-refractivity contribution in [1.82, 2.24) is 5.43 Å². The molecule has 0 atom stereocenters. The molecule has 0 fully saturated rings. The average molecular weight is 551 g/mol. The first-order valence-electron chi connectivity index (χ1n) is 10.5. The maximum Gasteiger partial charge on any atom is 0.329 e. The number of nitrogens with zero attached hydrogens (tertiary/aromatic N) is 1. The molecule has 0 saturated heterocycles. The molecular weight excluding hydrogens is 529 g/mol. The Morgan fingerprint density at radius 1 is 0.833 bits per heavy atom. The number of rotatable bonds is 8. The summed E-state index contributed by atoms with van der Waals surface area (Å²) in [6.07, 6.45) is 0. The fraction of sp³-hybridized carbons (Fsp3) is 0.160. The first-order chi connectivity index (χ1) is 17.2. The Morgan fingerprint density at radius 3 is 2.19 bits per heavy atom. The molecule has 0 unspecified atom stereocenters. The van der Waals surface area contributed by atoms with Crippen LogP contribution >= 0.6 is 34.8 Å². The minimum Gasteiger partial charge on any atom is -0.495 e. The van der Waals surface area contributed by atoms with Gasteiger partial charge in [0.15, 0.2) is 11.5 Å². The second kappa shape index (κ2) is 12.5. The van der Waals surface area contributed by atoms with Crippen LogP contribution in [0.4, 0.5) is 5.69 Å². The van der Waals surface area contributed by atoms with E-state index in [4.69, 9.17) is 49.0 Å². The highest BCUT2D eigenvalue weighted by atomic mass is 35.5. The average Bonchev–Trinajstić information content (AvgIpc) is 2.86. The summed E-state index contributed by atoms with van der Waals surface area (Å²) < 4.78 is 16.4. The van der Waals surface area contributed by atoms with Crippen molar-refractivity contribution >= 4 is 58.0 Å². The highest BCUT2D eigenvalue weighted by Crippen LogP contribution is 2.31. The zero-order valence-electron chi connectivity index (χ0n) is 19.5. The summed E-state index contributed by atoms with van der Waals surface area (Å²) in [7, 11) is 2.94. The molecule has 3 rings (SSSR count). The fourth-order valence-electron chi connectivity index (χ4n) is 3.01. The van der Waals surface area contributed by atoms with Crippen LogP contribution in [0.5, 0.6) is 17.2 Å². The number of hydrogen-bond acceptors (Lipinski definition) is 6. The van der Waals surface area contributed by atoms with E-state index in [1.165, 1.54) is 20.3 Å². The van der Waals surface area contributed by atoms with E-state index in [1.54, 1.807) is 55.5 Å². The lowest BCUT2D eigenvalue weighted by atomic mass is 10.1. The van der Waals surface area contributed by atoms with Gasteiger partial charge in [-0.05, 0) is 55.5 Å². The standard InChI is InChI=1S/C25H22Cl3N3O5/c1-14(30-31-25(33)24(32)29-20-12-18(27)7-9-21(20)34-2)15-5-8-22(23(10-15)35-3)36-13-16-4-6-17(26)11-19(16)28/h4-12H,13H2,1-3H3,(H,29,32)(H,31,33)/b30-14+. The smallest absolute Gasteiger partial charge is 0.329 e. The highest BCUT2D eigenvalue weighted by Gasteiger charge is 2.16. The third kappa shape index (κ3) is 7.04. The first-order valence-corrected chi connectivity index (χ1v) is 11.6. The van der Waals surface area contributed by atoms with Gasteiger partial charge in [-0.2, -0.15) is 5.10 Å². The molecule has 0 aliphatic carbocycles. The van der Waals surface area contributed by atoms with E-state index in [2.05, 4.69) is 15.8 Å². The van der Waals surface area contributed by atoms with E-state index in [0.717, 1.165) is 5.56 Å². The van der Waals surface area contributed by atoms with Gasteiger partial charge in [-0.1, -0.05) is 40.9 Å². The number of carbonyl (C=O) groups is 2. The summed E-state index contributed by atoms with van der Waals surface area (Å²) in [5.74, 6) is -0.617. The van der Waals surface area contributed by atoms with Crippen molar-refractivity contribution < 1.29 is 23.8 Å². The molecule has 0 aromatic heterocycles. The Morgan fingerprint density at radius 2 is 1.50 bits per heavy atom. The predicted octanol–water partition coefficient (Wildman–Crippen LogP) is 5.72. The van der Waals surface area contributed by atoms with Crippen LogP contribution < -0.4 is 25.0 Å².